The number of anilines is 2. The van der Waals surface area contributed by atoms with Gasteiger partial charge in [-0.3, -0.25) is 4.79 Å². The lowest BCUT2D eigenvalue weighted by molar-refractivity contribution is 0.102. The summed E-state index contributed by atoms with van der Waals surface area (Å²) in [6, 6.07) is 6.52. The van der Waals surface area contributed by atoms with Crippen LogP contribution in [0, 0.1) is 11.6 Å². The summed E-state index contributed by atoms with van der Waals surface area (Å²) in [5, 5.41) is 2.60. The fraction of sp³-hybridized carbons (Fsp3) is 0.250. The number of hydrogen-bond acceptors (Lipinski definition) is 4. The molecule has 0 atom stereocenters. The van der Waals surface area contributed by atoms with Crippen molar-refractivity contribution in [3.63, 3.8) is 0 Å². The zero-order chi connectivity index (χ0) is 16.2. The van der Waals surface area contributed by atoms with Crippen molar-refractivity contribution in [2.24, 2.45) is 0 Å². The predicted octanol–water partition coefficient (Wildman–Crippen LogP) is 2.45. The van der Waals surface area contributed by atoms with Gasteiger partial charge in [-0.2, -0.15) is 0 Å². The van der Waals surface area contributed by atoms with E-state index in [9.17, 15) is 13.6 Å². The van der Waals surface area contributed by atoms with Crippen molar-refractivity contribution in [2.45, 2.75) is 0 Å². The summed E-state index contributed by atoms with van der Waals surface area (Å²) in [6.45, 7) is 2.87. The molecule has 1 fully saturated rings. The number of aromatic nitrogens is 1. The summed E-state index contributed by atoms with van der Waals surface area (Å²) in [5.41, 5.74) is 0.526. The highest BCUT2D eigenvalue weighted by Gasteiger charge is 2.13. The van der Waals surface area contributed by atoms with Crippen molar-refractivity contribution in [3.8, 4) is 0 Å². The van der Waals surface area contributed by atoms with Gasteiger partial charge in [0.2, 0.25) is 0 Å². The largest absolute Gasteiger partial charge is 0.378 e. The fourth-order valence-corrected chi connectivity index (χ4v) is 2.28. The molecule has 0 spiro atoms. The minimum absolute atomic E-state index is 0.0427. The number of rotatable bonds is 3. The maximum Gasteiger partial charge on any atom is 0.255 e. The molecule has 2 aromatic rings. The van der Waals surface area contributed by atoms with Gasteiger partial charge in [0.1, 0.15) is 5.82 Å². The number of carbonyl (C=O) groups excluding carboxylic acids is 1. The van der Waals surface area contributed by atoms with Gasteiger partial charge in [-0.15, -0.1) is 0 Å². The molecule has 5 nitrogen and oxygen atoms in total. The second kappa shape index (κ2) is 6.70. The normalized spacial score (nSPS) is 14.6. The van der Waals surface area contributed by atoms with Crippen LogP contribution in [-0.4, -0.2) is 37.2 Å². The second-order valence-corrected chi connectivity index (χ2v) is 5.09. The Morgan fingerprint density at radius 2 is 1.91 bits per heavy atom. The van der Waals surface area contributed by atoms with E-state index in [2.05, 4.69) is 15.2 Å². The van der Waals surface area contributed by atoms with Crippen molar-refractivity contribution in [1.29, 1.82) is 0 Å². The molecule has 120 valence electrons. The van der Waals surface area contributed by atoms with Crippen molar-refractivity contribution < 1.29 is 18.3 Å². The van der Waals surface area contributed by atoms with E-state index >= 15 is 0 Å². The zero-order valence-corrected chi connectivity index (χ0v) is 12.3. The topological polar surface area (TPSA) is 54.5 Å². The average Bonchev–Trinajstić information content (AvgIpc) is 2.59. The number of hydrogen-bond donors (Lipinski definition) is 1. The molecule has 0 bridgehead atoms. The summed E-state index contributed by atoms with van der Waals surface area (Å²) >= 11 is 0. The Kier molecular flexibility index (Phi) is 4.47. The first-order chi connectivity index (χ1) is 11.1. The van der Waals surface area contributed by atoms with Crippen LogP contribution in [0.2, 0.25) is 0 Å². The minimum atomic E-state index is -1.06. The molecule has 23 heavy (non-hydrogen) atoms. The molecule has 0 radical (unpaired) electrons. The zero-order valence-electron chi connectivity index (χ0n) is 12.3. The van der Waals surface area contributed by atoms with Crippen LogP contribution in [0.1, 0.15) is 10.4 Å². The molecule has 0 unspecified atom stereocenters. The smallest absolute Gasteiger partial charge is 0.255 e. The number of halogens is 2. The molecule has 1 N–H and O–H groups in total. The van der Waals surface area contributed by atoms with Crippen LogP contribution in [0.3, 0.4) is 0 Å². The van der Waals surface area contributed by atoms with Crippen LogP contribution in [0.5, 0.6) is 0 Å². The van der Waals surface area contributed by atoms with E-state index in [1.54, 1.807) is 12.1 Å². The monoisotopic (exact) mass is 319 g/mol. The van der Waals surface area contributed by atoms with E-state index in [4.69, 9.17) is 4.74 Å². The maximum absolute atomic E-state index is 13.2. The number of ether oxygens (including phenoxy) is 1. The number of benzene rings is 1. The van der Waals surface area contributed by atoms with Gasteiger partial charge in [0.25, 0.3) is 5.91 Å². The highest BCUT2D eigenvalue weighted by molar-refractivity contribution is 6.04. The lowest BCUT2D eigenvalue weighted by Crippen LogP contribution is -2.36. The van der Waals surface area contributed by atoms with Crippen molar-refractivity contribution in [2.75, 3.05) is 36.5 Å². The minimum Gasteiger partial charge on any atom is -0.378 e. The molecule has 0 saturated carbocycles. The quantitative estimate of drug-likeness (QED) is 0.944. The van der Waals surface area contributed by atoms with Crippen LogP contribution in [0.15, 0.2) is 36.5 Å². The third kappa shape index (κ3) is 3.62. The van der Waals surface area contributed by atoms with Crippen LogP contribution < -0.4 is 10.2 Å². The van der Waals surface area contributed by atoms with E-state index in [0.717, 1.165) is 31.0 Å². The maximum atomic E-state index is 13.2. The molecule has 2 heterocycles. The van der Waals surface area contributed by atoms with Gasteiger partial charge in [0.15, 0.2) is 11.6 Å². The van der Waals surface area contributed by atoms with Gasteiger partial charge in [0.05, 0.1) is 25.1 Å². The lowest BCUT2D eigenvalue weighted by Gasteiger charge is -2.27. The Morgan fingerprint density at radius 1 is 1.13 bits per heavy atom. The number of carbonyl (C=O) groups is 1. The number of pyridine rings is 1. The molecule has 7 heteroatoms. The van der Waals surface area contributed by atoms with Crippen molar-refractivity contribution >= 4 is 17.4 Å². The first-order valence-electron chi connectivity index (χ1n) is 7.18. The Balaban J connectivity index is 1.67. The second-order valence-electron chi connectivity index (χ2n) is 5.09. The Morgan fingerprint density at radius 3 is 2.57 bits per heavy atom. The first-order valence-corrected chi connectivity index (χ1v) is 7.18. The molecule has 3 rings (SSSR count). The molecular formula is C16H15F2N3O2. The van der Waals surface area contributed by atoms with Gasteiger partial charge in [0, 0.05) is 18.7 Å². The van der Waals surface area contributed by atoms with Gasteiger partial charge < -0.3 is 15.0 Å². The van der Waals surface area contributed by atoms with E-state index in [1.165, 1.54) is 12.3 Å². The number of nitrogens with zero attached hydrogens (tertiary/aromatic N) is 2. The molecule has 0 aliphatic carbocycles. The summed E-state index contributed by atoms with van der Waals surface area (Å²) < 4.78 is 31.3. The van der Waals surface area contributed by atoms with Crippen molar-refractivity contribution in [1.82, 2.24) is 4.98 Å². The van der Waals surface area contributed by atoms with Crippen LogP contribution in [0.25, 0.3) is 0 Å². The third-order valence-corrected chi connectivity index (χ3v) is 3.52. The molecule has 1 saturated heterocycles. The number of morpholine rings is 1. The molecule has 1 amide bonds. The highest BCUT2D eigenvalue weighted by atomic mass is 19.2. The summed E-state index contributed by atoms with van der Waals surface area (Å²) in [5.74, 6) is -1.76. The standard InChI is InChI=1S/C16H15F2N3O2/c17-13-3-1-11(9-14(13)18)16(22)20-12-2-4-15(19-10-12)21-5-7-23-8-6-21/h1-4,9-10H,5-8H2,(H,20,22). The molecule has 1 aliphatic rings. The summed E-state index contributed by atoms with van der Waals surface area (Å²) in [4.78, 5) is 18.4. The molecular weight excluding hydrogens is 304 g/mol. The molecule has 1 aromatic carbocycles. The van der Waals surface area contributed by atoms with Gasteiger partial charge in [-0.1, -0.05) is 0 Å². The lowest BCUT2D eigenvalue weighted by atomic mass is 10.2. The number of nitrogens with one attached hydrogen (secondary N) is 1. The molecule has 1 aromatic heterocycles. The average molecular weight is 319 g/mol. The predicted molar refractivity (Wildman–Crippen MR) is 81.6 cm³/mol. The summed E-state index contributed by atoms with van der Waals surface area (Å²) in [7, 11) is 0. The van der Waals surface area contributed by atoms with Gasteiger partial charge in [-0.25, -0.2) is 13.8 Å². The van der Waals surface area contributed by atoms with Crippen molar-refractivity contribution in [3.05, 3.63) is 53.7 Å². The van der Waals surface area contributed by atoms with E-state index in [-0.39, 0.29) is 5.56 Å². The Bertz CT molecular complexity index is 701. The molecule has 1 aliphatic heterocycles. The first kappa shape index (κ1) is 15.4. The summed E-state index contributed by atoms with van der Waals surface area (Å²) in [6.07, 6.45) is 1.53. The van der Waals surface area contributed by atoms with E-state index in [0.29, 0.717) is 18.9 Å². The van der Waals surface area contributed by atoms with Crippen LogP contribution >= 0.6 is 0 Å². The highest BCUT2D eigenvalue weighted by Crippen LogP contribution is 2.16. The Labute approximate surface area is 131 Å². The fourth-order valence-electron chi connectivity index (χ4n) is 2.28. The van der Waals surface area contributed by atoms with E-state index < -0.39 is 17.5 Å². The SMILES string of the molecule is O=C(Nc1ccc(N2CCOCC2)nc1)c1ccc(F)c(F)c1. The van der Waals surface area contributed by atoms with Gasteiger partial charge in [-0.05, 0) is 30.3 Å². The van der Waals surface area contributed by atoms with E-state index in [1.807, 2.05) is 0 Å². The Hall–Kier alpha value is -2.54. The van der Waals surface area contributed by atoms with Crippen LogP contribution in [-0.2, 0) is 4.74 Å². The number of amides is 1. The van der Waals surface area contributed by atoms with Gasteiger partial charge >= 0.3 is 0 Å². The van der Waals surface area contributed by atoms with Crippen LogP contribution in [0.4, 0.5) is 20.3 Å². The third-order valence-electron chi connectivity index (χ3n) is 3.52.